The van der Waals surface area contributed by atoms with Crippen molar-refractivity contribution in [3.8, 4) is 0 Å². The summed E-state index contributed by atoms with van der Waals surface area (Å²) in [5.41, 5.74) is 0. The second kappa shape index (κ2) is 2.86. The molecule has 0 amide bonds. The van der Waals surface area contributed by atoms with Crippen LogP contribution < -0.4 is 0 Å². The van der Waals surface area contributed by atoms with Gasteiger partial charge in [0.15, 0.2) is 0 Å². The highest BCUT2D eigenvalue weighted by Crippen LogP contribution is 2.29. The van der Waals surface area contributed by atoms with Crippen LogP contribution in [0.1, 0.15) is 26.7 Å². The zero-order chi connectivity index (χ0) is 7.56. The van der Waals surface area contributed by atoms with Crippen LogP contribution in [-0.4, -0.2) is 5.97 Å². The number of hydrogen-bond acceptors (Lipinski definition) is 2. The minimum Gasteiger partial charge on any atom is -0.430 e. The Hall–Kier alpha value is -0.790. The molecule has 0 N–H and O–H groups in total. The van der Waals surface area contributed by atoms with Crippen molar-refractivity contribution >= 4 is 5.97 Å². The molecule has 1 aliphatic heterocycles. The molecular formula is C8H12O2. The van der Waals surface area contributed by atoms with Gasteiger partial charge in [-0.1, -0.05) is 13.8 Å². The Balaban J connectivity index is 2.53. The van der Waals surface area contributed by atoms with E-state index in [2.05, 4.69) is 0 Å². The smallest absolute Gasteiger partial charge is 0.321 e. The average molecular weight is 140 g/mol. The average Bonchev–Trinajstić information content (AvgIpc) is 1.88. The first-order valence-corrected chi connectivity index (χ1v) is 3.71. The molecule has 1 atom stereocenters. The zero-order valence-electron chi connectivity index (χ0n) is 6.39. The van der Waals surface area contributed by atoms with Crippen molar-refractivity contribution in [2.75, 3.05) is 0 Å². The van der Waals surface area contributed by atoms with Crippen molar-refractivity contribution in [1.82, 2.24) is 0 Å². The monoisotopic (exact) mass is 140 g/mol. The van der Waals surface area contributed by atoms with Gasteiger partial charge in [-0.2, -0.15) is 0 Å². The van der Waals surface area contributed by atoms with E-state index in [4.69, 9.17) is 4.74 Å². The van der Waals surface area contributed by atoms with Crippen molar-refractivity contribution in [3.05, 3.63) is 11.8 Å². The third kappa shape index (κ3) is 1.06. The highest BCUT2D eigenvalue weighted by Gasteiger charge is 2.34. The molecule has 0 radical (unpaired) electrons. The zero-order valence-corrected chi connectivity index (χ0v) is 6.39. The van der Waals surface area contributed by atoms with Crippen LogP contribution in [-0.2, 0) is 9.53 Å². The van der Waals surface area contributed by atoms with Gasteiger partial charge < -0.3 is 4.74 Å². The van der Waals surface area contributed by atoms with Gasteiger partial charge in [-0.3, -0.25) is 4.79 Å². The highest BCUT2D eigenvalue weighted by atomic mass is 16.6. The third-order valence-corrected chi connectivity index (χ3v) is 1.66. The van der Waals surface area contributed by atoms with Gasteiger partial charge in [-0.15, -0.1) is 0 Å². The second-order valence-electron chi connectivity index (χ2n) is 2.40. The van der Waals surface area contributed by atoms with E-state index >= 15 is 0 Å². The third-order valence-electron chi connectivity index (χ3n) is 1.66. The molecule has 2 heteroatoms. The van der Waals surface area contributed by atoms with Crippen molar-refractivity contribution in [2.24, 2.45) is 5.92 Å². The maximum atomic E-state index is 10.7. The summed E-state index contributed by atoms with van der Waals surface area (Å²) in [7, 11) is 0. The van der Waals surface area contributed by atoms with E-state index in [0.29, 0.717) is 0 Å². The standard InChI is InChI=1S/C8H12O2/c1-3-5-7-6(4-2)8(9)10-7/h5-6H,3-4H2,1-2H3/b7-5+/t6-/m1/s1. The topological polar surface area (TPSA) is 26.3 Å². The lowest BCUT2D eigenvalue weighted by Gasteiger charge is -2.26. The molecule has 1 saturated heterocycles. The summed E-state index contributed by atoms with van der Waals surface area (Å²) in [4.78, 5) is 10.7. The summed E-state index contributed by atoms with van der Waals surface area (Å²) in [5, 5.41) is 0. The van der Waals surface area contributed by atoms with Gasteiger partial charge in [0.1, 0.15) is 11.7 Å². The minimum absolute atomic E-state index is 0.0674. The van der Waals surface area contributed by atoms with Crippen LogP contribution in [0.4, 0.5) is 0 Å². The van der Waals surface area contributed by atoms with Crippen LogP contribution in [0.2, 0.25) is 0 Å². The van der Waals surface area contributed by atoms with E-state index in [1.54, 1.807) is 0 Å². The van der Waals surface area contributed by atoms with E-state index in [1.165, 1.54) is 0 Å². The second-order valence-corrected chi connectivity index (χ2v) is 2.40. The van der Waals surface area contributed by atoms with E-state index in [0.717, 1.165) is 18.6 Å². The van der Waals surface area contributed by atoms with Crippen LogP contribution in [0.3, 0.4) is 0 Å². The Morgan fingerprint density at radius 2 is 2.30 bits per heavy atom. The van der Waals surface area contributed by atoms with Crippen molar-refractivity contribution in [3.63, 3.8) is 0 Å². The number of carbonyl (C=O) groups is 1. The number of rotatable bonds is 2. The van der Waals surface area contributed by atoms with Gasteiger partial charge in [-0.05, 0) is 18.9 Å². The lowest BCUT2D eigenvalue weighted by Crippen LogP contribution is -2.31. The lowest BCUT2D eigenvalue weighted by molar-refractivity contribution is -0.157. The molecule has 1 heterocycles. The van der Waals surface area contributed by atoms with Crippen LogP contribution in [0.15, 0.2) is 11.8 Å². The van der Waals surface area contributed by atoms with Gasteiger partial charge in [0.25, 0.3) is 0 Å². The van der Waals surface area contributed by atoms with E-state index in [9.17, 15) is 4.79 Å². The van der Waals surface area contributed by atoms with Gasteiger partial charge >= 0.3 is 5.97 Å². The molecule has 1 rings (SSSR count). The molecule has 0 saturated carbocycles. The van der Waals surface area contributed by atoms with Gasteiger partial charge in [0.05, 0.1) is 0 Å². The molecule has 0 aliphatic carbocycles. The summed E-state index contributed by atoms with van der Waals surface area (Å²) >= 11 is 0. The van der Waals surface area contributed by atoms with E-state index < -0.39 is 0 Å². The number of ether oxygens (including phenoxy) is 1. The molecule has 2 nitrogen and oxygen atoms in total. The normalized spacial score (nSPS) is 28.0. The van der Waals surface area contributed by atoms with E-state index in [-0.39, 0.29) is 11.9 Å². The molecule has 10 heavy (non-hydrogen) atoms. The fourth-order valence-electron chi connectivity index (χ4n) is 1.07. The van der Waals surface area contributed by atoms with Crippen LogP contribution in [0.25, 0.3) is 0 Å². The molecule has 1 aliphatic rings. The first-order valence-electron chi connectivity index (χ1n) is 3.71. The largest absolute Gasteiger partial charge is 0.430 e. The van der Waals surface area contributed by atoms with Gasteiger partial charge in [0, 0.05) is 0 Å². The predicted octanol–water partition coefficient (Wildman–Crippen LogP) is 1.86. The van der Waals surface area contributed by atoms with Gasteiger partial charge in [0.2, 0.25) is 0 Å². The van der Waals surface area contributed by atoms with Crippen LogP contribution in [0.5, 0.6) is 0 Å². The van der Waals surface area contributed by atoms with Crippen LogP contribution >= 0.6 is 0 Å². The molecule has 0 bridgehead atoms. The Morgan fingerprint density at radius 1 is 1.60 bits per heavy atom. The first kappa shape index (κ1) is 7.32. The Bertz CT molecular complexity index is 170. The fraction of sp³-hybridized carbons (Fsp3) is 0.625. The lowest BCUT2D eigenvalue weighted by atomic mass is 9.99. The predicted molar refractivity (Wildman–Crippen MR) is 38.2 cm³/mol. The number of carbonyl (C=O) groups excluding carboxylic acids is 1. The number of hydrogen-bond donors (Lipinski definition) is 0. The Kier molecular flexibility index (Phi) is 2.10. The van der Waals surface area contributed by atoms with E-state index in [1.807, 2.05) is 19.9 Å². The Labute approximate surface area is 60.9 Å². The van der Waals surface area contributed by atoms with Crippen molar-refractivity contribution in [2.45, 2.75) is 26.7 Å². The summed E-state index contributed by atoms with van der Waals surface area (Å²) in [6.45, 7) is 4.03. The highest BCUT2D eigenvalue weighted by molar-refractivity contribution is 5.82. The number of cyclic esters (lactones) is 1. The molecule has 0 spiro atoms. The first-order chi connectivity index (χ1) is 4.79. The maximum absolute atomic E-state index is 10.7. The summed E-state index contributed by atoms with van der Waals surface area (Å²) < 4.78 is 4.81. The minimum atomic E-state index is -0.0674. The summed E-state index contributed by atoms with van der Waals surface area (Å²) in [6, 6.07) is 0. The van der Waals surface area contributed by atoms with Crippen molar-refractivity contribution in [1.29, 1.82) is 0 Å². The fourth-order valence-corrected chi connectivity index (χ4v) is 1.07. The molecule has 0 aromatic carbocycles. The molecule has 0 aromatic heterocycles. The number of esters is 1. The maximum Gasteiger partial charge on any atom is 0.321 e. The Morgan fingerprint density at radius 3 is 2.70 bits per heavy atom. The molecule has 56 valence electrons. The molecule has 0 unspecified atom stereocenters. The quantitative estimate of drug-likeness (QED) is 0.547. The number of allylic oxidation sites excluding steroid dienone is 1. The summed E-state index contributed by atoms with van der Waals surface area (Å²) in [5.74, 6) is 0.872. The SMILES string of the molecule is CC/C=C1/OC(=O)[C@@H]1CC. The molecular weight excluding hydrogens is 128 g/mol. The summed E-state index contributed by atoms with van der Waals surface area (Å²) in [6.07, 6.45) is 3.78. The van der Waals surface area contributed by atoms with Crippen molar-refractivity contribution < 1.29 is 9.53 Å². The van der Waals surface area contributed by atoms with Gasteiger partial charge in [-0.25, -0.2) is 0 Å². The molecule has 0 aromatic rings. The molecule has 1 fully saturated rings. The van der Waals surface area contributed by atoms with Crippen LogP contribution in [0, 0.1) is 5.92 Å².